The first-order chi connectivity index (χ1) is 10.7. The highest BCUT2D eigenvalue weighted by Crippen LogP contribution is 2.43. The van der Waals surface area contributed by atoms with Crippen LogP contribution < -0.4 is 10.6 Å². The van der Waals surface area contributed by atoms with Crippen molar-refractivity contribution >= 4 is 17.8 Å². The molecule has 0 radical (unpaired) electrons. The first-order valence-corrected chi connectivity index (χ1v) is 7.25. The fraction of sp³-hybridized carbons (Fsp3) is 0.786. The lowest BCUT2D eigenvalue weighted by atomic mass is 9.85. The van der Waals surface area contributed by atoms with E-state index in [1.165, 1.54) is 20.8 Å². The zero-order valence-electron chi connectivity index (χ0n) is 13.5. The number of carbonyl (C=O) groups is 3. The minimum absolute atomic E-state index is 0.167. The fourth-order valence-electron chi connectivity index (χ4n) is 2.05. The van der Waals surface area contributed by atoms with Gasteiger partial charge in [-0.2, -0.15) is 13.2 Å². The van der Waals surface area contributed by atoms with Crippen molar-refractivity contribution in [2.24, 2.45) is 5.41 Å². The number of nitrogens with one attached hydrogen (secondary N) is 2. The average molecular weight is 356 g/mol. The van der Waals surface area contributed by atoms with Gasteiger partial charge in [0.1, 0.15) is 17.8 Å². The Morgan fingerprint density at radius 1 is 1.12 bits per heavy atom. The van der Waals surface area contributed by atoms with Gasteiger partial charge in [0.2, 0.25) is 5.91 Å². The molecule has 3 N–H and O–H groups in total. The molecule has 0 aromatic carbocycles. The van der Waals surface area contributed by atoms with Crippen molar-refractivity contribution in [1.82, 2.24) is 10.6 Å². The van der Waals surface area contributed by atoms with Crippen LogP contribution in [0.1, 0.15) is 40.0 Å². The van der Waals surface area contributed by atoms with E-state index in [9.17, 15) is 31.9 Å². The minimum atomic E-state index is -5.19. The Hall–Kier alpha value is -1.87. The van der Waals surface area contributed by atoms with Gasteiger partial charge in [-0.1, -0.05) is 20.8 Å². The third kappa shape index (κ3) is 5.64. The van der Waals surface area contributed by atoms with Crippen LogP contribution in [0, 0.1) is 5.41 Å². The molecule has 0 unspecified atom stereocenters. The maximum atomic E-state index is 13.7. The predicted molar refractivity (Wildman–Crippen MR) is 74.7 cm³/mol. The summed E-state index contributed by atoms with van der Waals surface area (Å²) in [5.74, 6) is -4.92. The highest BCUT2D eigenvalue weighted by Gasteiger charge is 2.48. The number of aliphatic carboxylic acids is 1. The molecular weight excluding hydrogens is 336 g/mol. The van der Waals surface area contributed by atoms with Crippen molar-refractivity contribution in [2.75, 3.05) is 0 Å². The molecule has 1 aliphatic rings. The summed E-state index contributed by atoms with van der Waals surface area (Å²) in [6.45, 7) is 4.21. The molecule has 138 valence electrons. The third-order valence-corrected chi connectivity index (χ3v) is 3.64. The van der Waals surface area contributed by atoms with Crippen LogP contribution in [0.2, 0.25) is 0 Å². The number of rotatable bonds is 6. The van der Waals surface area contributed by atoms with Crippen LogP contribution in [0.3, 0.4) is 0 Å². The summed E-state index contributed by atoms with van der Waals surface area (Å²) >= 11 is 0. The highest BCUT2D eigenvalue weighted by molar-refractivity contribution is 5.92. The van der Waals surface area contributed by atoms with Gasteiger partial charge in [-0.25, -0.2) is 9.18 Å². The van der Waals surface area contributed by atoms with Gasteiger partial charge in [0.05, 0.1) is 0 Å². The van der Waals surface area contributed by atoms with E-state index >= 15 is 0 Å². The maximum absolute atomic E-state index is 13.7. The van der Waals surface area contributed by atoms with Crippen molar-refractivity contribution in [2.45, 2.75) is 64.0 Å². The number of halogens is 4. The monoisotopic (exact) mass is 356 g/mol. The van der Waals surface area contributed by atoms with Gasteiger partial charge in [0.15, 0.2) is 0 Å². The van der Waals surface area contributed by atoms with Crippen LogP contribution in [0.25, 0.3) is 0 Å². The molecule has 0 heterocycles. The number of hydrogen-bond acceptors (Lipinski definition) is 3. The SMILES string of the molecule is CC(C)(C)[C@H](NC(=O)C(F)(F)F)C(=O)N[C@@H](CC1(F)CC1)C(=O)O. The van der Waals surface area contributed by atoms with E-state index in [4.69, 9.17) is 5.11 Å². The van der Waals surface area contributed by atoms with Gasteiger partial charge in [0, 0.05) is 6.42 Å². The van der Waals surface area contributed by atoms with Gasteiger partial charge in [0.25, 0.3) is 0 Å². The summed E-state index contributed by atoms with van der Waals surface area (Å²) in [7, 11) is 0. The van der Waals surface area contributed by atoms with E-state index in [1.54, 1.807) is 5.32 Å². The summed E-state index contributed by atoms with van der Waals surface area (Å²) in [6.07, 6.45) is -5.33. The summed E-state index contributed by atoms with van der Waals surface area (Å²) in [5.41, 5.74) is -2.80. The van der Waals surface area contributed by atoms with E-state index < -0.39 is 53.5 Å². The van der Waals surface area contributed by atoms with Gasteiger partial charge in [-0.05, 0) is 18.3 Å². The Labute approximate surface area is 136 Å². The molecule has 1 saturated carbocycles. The molecule has 0 aromatic rings. The normalized spacial score (nSPS) is 19.1. The number of carbonyl (C=O) groups excluding carboxylic acids is 2. The average Bonchev–Trinajstić information content (AvgIpc) is 3.09. The number of carboxylic acids is 1. The Morgan fingerprint density at radius 2 is 1.62 bits per heavy atom. The van der Waals surface area contributed by atoms with Crippen molar-refractivity contribution in [3.05, 3.63) is 0 Å². The first kappa shape index (κ1) is 20.2. The Bertz CT molecular complexity index is 524. The van der Waals surface area contributed by atoms with Crippen LogP contribution in [0.4, 0.5) is 17.6 Å². The summed E-state index contributed by atoms with van der Waals surface area (Å²) in [6, 6.07) is -3.22. The van der Waals surface area contributed by atoms with E-state index in [1.807, 2.05) is 5.32 Å². The molecule has 1 rings (SSSR count). The molecule has 0 spiro atoms. The zero-order chi connectivity index (χ0) is 18.9. The standard InChI is InChI=1S/C14H20F4N2O4/c1-12(2,3)8(20-11(24)14(16,17)18)9(21)19-7(10(22)23)6-13(15)4-5-13/h7-8H,4-6H2,1-3H3,(H,19,21)(H,20,24)(H,22,23)/t7-,8+/m0/s1. The molecule has 0 aromatic heterocycles. The van der Waals surface area contributed by atoms with E-state index in [0.717, 1.165) is 0 Å². The topological polar surface area (TPSA) is 95.5 Å². The van der Waals surface area contributed by atoms with Crippen molar-refractivity contribution in [1.29, 1.82) is 0 Å². The van der Waals surface area contributed by atoms with Gasteiger partial charge >= 0.3 is 18.1 Å². The largest absolute Gasteiger partial charge is 0.480 e. The molecule has 24 heavy (non-hydrogen) atoms. The second-order valence-electron chi connectivity index (χ2n) is 7.02. The molecule has 1 aliphatic carbocycles. The van der Waals surface area contributed by atoms with Gasteiger partial charge in [-0.3, -0.25) is 9.59 Å². The Morgan fingerprint density at radius 3 is 1.96 bits per heavy atom. The number of carboxylic acid groups (broad SMARTS) is 1. The fourth-order valence-corrected chi connectivity index (χ4v) is 2.05. The zero-order valence-corrected chi connectivity index (χ0v) is 13.5. The van der Waals surface area contributed by atoms with Gasteiger partial charge in [-0.15, -0.1) is 0 Å². The lowest BCUT2D eigenvalue weighted by Gasteiger charge is -2.31. The summed E-state index contributed by atoms with van der Waals surface area (Å²) in [5, 5.41) is 12.6. The quantitative estimate of drug-likeness (QED) is 0.629. The van der Waals surface area contributed by atoms with Crippen LogP contribution >= 0.6 is 0 Å². The molecule has 0 saturated heterocycles. The Kier molecular flexibility index (Phi) is 5.51. The number of alkyl halides is 4. The van der Waals surface area contributed by atoms with Gasteiger partial charge < -0.3 is 15.7 Å². The van der Waals surface area contributed by atoms with Crippen LogP contribution in [0.15, 0.2) is 0 Å². The predicted octanol–water partition coefficient (Wildman–Crippen LogP) is 1.54. The first-order valence-electron chi connectivity index (χ1n) is 7.25. The number of hydrogen-bond donors (Lipinski definition) is 3. The van der Waals surface area contributed by atoms with Crippen LogP contribution in [-0.2, 0) is 14.4 Å². The number of amides is 2. The molecule has 2 atom stereocenters. The highest BCUT2D eigenvalue weighted by atomic mass is 19.4. The third-order valence-electron chi connectivity index (χ3n) is 3.64. The second kappa shape index (κ2) is 6.56. The summed E-state index contributed by atoms with van der Waals surface area (Å²) < 4.78 is 50.9. The molecule has 0 bridgehead atoms. The molecule has 0 aliphatic heterocycles. The van der Waals surface area contributed by atoms with E-state index in [2.05, 4.69) is 0 Å². The maximum Gasteiger partial charge on any atom is 0.471 e. The smallest absolute Gasteiger partial charge is 0.471 e. The lowest BCUT2D eigenvalue weighted by Crippen LogP contribution is -2.58. The van der Waals surface area contributed by atoms with Crippen molar-refractivity contribution in [3.8, 4) is 0 Å². The molecule has 2 amide bonds. The van der Waals surface area contributed by atoms with Crippen LogP contribution in [0.5, 0.6) is 0 Å². The van der Waals surface area contributed by atoms with E-state index in [0.29, 0.717) is 0 Å². The minimum Gasteiger partial charge on any atom is -0.480 e. The summed E-state index contributed by atoms with van der Waals surface area (Å²) in [4.78, 5) is 34.4. The lowest BCUT2D eigenvalue weighted by molar-refractivity contribution is -0.175. The van der Waals surface area contributed by atoms with Crippen molar-refractivity contribution < 1.29 is 37.1 Å². The van der Waals surface area contributed by atoms with Crippen LogP contribution in [-0.4, -0.2) is 46.8 Å². The molecule has 1 fully saturated rings. The Balaban J connectivity index is 2.87. The van der Waals surface area contributed by atoms with E-state index in [-0.39, 0.29) is 12.8 Å². The molecule has 10 heteroatoms. The second-order valence-corrected chi connectivity index (χ2v) is 7.02. The molecular formula is C14H20F4N2O4. The molecule has 6 nitrogen and oxygen atoms in total. The van der Waals surface area contributed by atoms with Crippen molar-refractivity contribution in [3.63, 3.8) is 0 Å².